The van der Waals surface area contributed by atoms with Gasteiger partial charge in [-0.15, -0.1) is 0 Å². The average Bonchev–Trinajstić information content (AvgIpc) is 2.58. The van der Waals surface area contributed by atoms with Crippen molar-refractivity contribution in [1.82, 2.24) is 9.38 Å². The van der Waals surface area contributed by atoms with Crippen molar-refractivity contribution in [2.45, 2.75) is 12.2 Å². The molecule has 2 N–H and O–H groups in total. The molecule has 2 heterocycles. The lowest BCUT2D eigenvalue weighted by Crippen LogP contribution is -2.19. The molecule has 2 aromatic heterocycles. The fourth-order valence-corrected chi connectivity index (χ4v) is 1.77. The normalized spacial score (nSPS) is 14.3. The summed E-state index contributed by atoms with van der Waals surface area (Å²) >= 11 is 0. The molecule has 0 radical (unpaired) electrons. The summed E-state index contributed by atoms with van der Waals surface area (Å²) in [6.45, 7) is 1.52. The second-order valence-electron chi connectivity index (χ2n) is 3.36. The van der Waals surface area contributed by atoms with Crippen LogP contribution in [0.4, 0.5) is 0 Å². The molecule has 2 aromatic rings. The monoisotopic (exact) mass is 225 g/mol. The van der Waals surface area contributed by atoms with Gasteiger partial charge in [-0.2, -0.15) is 0 Å². The first-order valence-corrected chi connectivity index (χ1v) is 6.04. The molecule has 6 heteroatoms. The molecule has 1 atom stereocenters. The van der Waals surface area contributed by atoms with Gasteiger partial charge in [0.2, 0.25) is 10.0 Å². The lowest BCUT2D eigenvalue weighted by molar-refractivity contribution is 0.587. The zero-order valence-corrected chi connectivity index (χ0v) is 8.98. The SMILES string of the molecule is CC(c1cn2ccccc2n1)S(N)(=O)=O. The van der Waals surface area contributed by atoms with E-state index in [0.717, 1.165) is 0 Å². The van der Waals surface area contributed by atoms with E-state index in [-0.39, 0.29) is 0 Å². The fraction of sp³-hybridized carbons (Fsp3) is 0.222. The number of primary sulfonamides is 1. The van der Waals surface area contributed by atoms with E-state index in [9.17, 15) is 8.42 Å². The summed E-state index contributed by atoms with van der Waals surface area (Å²) in [5.41, 5.74) is 1.17. The zero-order chi connectivity index (χ0) is 11.1. The van der Waals surface area contributed by atoms with E-state index < -0.39 is 15.3 Å². The summed E-state index contributed by atoms with van der Waals surface area (Å²) in [6.07, 6.45) is 3.48. The Labute approximate surface area is 87.6 Å². The zero-order valence-electron chi connectivity index (χ0n) is 8.16. The minimum absolute atomic E-state index is 0.462. The fourth-order valence-electron chi connectivity index (χ4n) is 1.32. The standard InChI is InChI=1S/C9H11N3O2S/c1-7(15(10,13)14)8-6-12-5-3-2-4-9(12)11-8/h2-7H,1H3,(H2,10,13,14). The van der Waals surface area contributed by atoms with Crippen molar-refractivity contribution in [2.24, 2.45) is 5.14 Å². The van der Waals surface area contributed by atoms with Crippen molar-refractivity contribution in [3.63, 3.8) is 0 Å². The minimum Gasteiger partial charge on any atom is -0.307 e. The van der Waals surface area contributed by atoms with Crippen molar-refractivity contribution < 1.29 is 8.42 Å². The van der Waals surface area contributed by atoms with Crippen LogP contribution in [0.2, 0.25) is 0 Å². The second kappa shape index (κ2) is 3.32. The number of nitrogens with two attached hydrogens (primary N) is 1. The lowest BCUT2D eigenvalue weighted by atomic mass is 10.4. The molecule has 0 aromatic carbocycles. The largest absolute Gasteiger partial charge is 0.307 e. The molecule has 1 unspecified atom stereocenters. The molecule has 0 aliphatic heterocycles. The molecule has 0 fully saturated rings. The molecule has 0 amide bonds. The summed E-state index contributed by atoms with van der Waals surface area (Å²) < 4.78 is 24.0. The average molecular weight is 225 g/mol. The number of hydrogen-bond donors (Lipinski definition) is 1. The van der Waals surface area contributed by atoms with Crippen LogP contribution in [-0.4, -0.2) is 17.8 Å². The van der Waals surface area contributed by atoms with Gasteiger partial charge < -0.3 is 4.40 Å². The first-order valence-electron chi connectivity index (χ1n) is 4.44. The Kier molecular flexibility index (Phi) is 2.24. The van der Waals surface area contributed by atoms with Crippen LogP contribution >= 0.6 is 0 Å². The van der Waals surface area contributed by atoms with Crippen molar-refractivity contribution in [3.8, 4) is 0 Å². The van der Waals surface area contributed by atoms with Gasteiger partial charge in [-0.05, 0) is 19.1 Å². The third kappa shape index (κ3) is 1.86. The van der Waals surface area contributed by atoms with Gasteiger partial charge in [0.25, 0.3) is 0 Å². The van der Waals surface area contributed by atoms with E-state index in [2.05, 4.69) is 4.98 Å². The highest BCUT2D eigenvalue weighted by Crippen LogP contribution is 2.18. The van der Waals surface area contributed by atoms with Gasteiger partial charge in [0, 0.05) is 12.4 Å². The number of rotatable bonds is 2. The minimum atomic E-state index is -3.58. The first-order chi connectivity index (χ1) is 6.98. The number of fused-ring (bicyclic) bond motifs is 1. The Bertz CT molecular complexity index is 555. The number of nitrogens with zero attached hydrogens (tertiary/aromatic N) is 2. The maximum absolute atomic E-state index is 11.1. The van der Waals surface area contributed by atoms with Crippen LogP contribution in [0.3, 0.4) is 0 Å². The highest BCUT2D eigenvalue weighted by atomic mass is 32.2. The van der Waals surface area contributed by atoms with Crippen LogP contribution in [0, 0.1) is 0 Å². The number of hydrogen-bond acceptors (Lipinski definition) is 3. The Hall–Kier alpha value is -1.40. The summed E-state index contributed by atoms with van der Waals surface area (Å²) in [5, 5.41) is 4.28. The van der Waals surface area contributed by atoms with Gasteiger partial charge >= 0.3 is 0 Å². The van der Waals surface area contributed by atoms with E-state index in [1.807, 2.05) is 18.3 Å². The van der Waals surface area contributed by atoms with E-state index in [1.54, 1.807) is 16.7 Å². The molecule has 5 nitrogen and oxygen atoms in total. The van der Waals surface area contributed by atoms with Gasteiger partial charge in [-0.1, -0.05) is 6.07 Å². The summed E-state index contributed by atoms with van der Waals surface area (Å²) in [7, 11) is -3.58. The van der Waals surface area contributed by atoms with Crippen molar-refractivity contribution >= 4 is 15.7 Å². The van der Waals surface area contributed by atoms with E-state index in [4.69, 9.17) is 5.14 Å². The molecule has 0 saturated carbocycles. The smallest absolute Gasteiger partial charge is 0.217 e. The van der Waals surface area contributed by atoms with Gasteiger partial charge in [0.1, 0.15) is 10.9 Å². The van der Waals surface area contributed by atoms with Crippen LogP contribution in [0.5, 0.6) is 0 Å². The number of pyridine rings is 1. The van der Waals surface area contributed by atoms with E-state index in [1.165, 1.54) is 6.92 Å². The topological polar surface area (TPSA) is 77.5 Å². The summed E-state index contributed by atoms with van der Waals surface area (Å²) in [5.74, 6) is 0. The highest BCUT2D eigenvalue weighted by Gasteiger charge is 2.20. The Morgan fingerprint density at radius 3 is 2.80 bits per heavy atom. The molecule has 0 aliphatic rings. The predicted molar refractivity (Wildman–Crippen MR) is 56.7 cm³/mol. The first kappa shape index (κ1) is 10.1. The lowest BCUT2D eigenvalue weighted by Gasteiger charge is -2.03. The van der Waals surface area contributed by atoms with Gasteiger partial charge in [0.05, 0.1) is 5.69 Å². The number of imidazole rings is 1. The maximum Gasteiger partial charge on any atom is 0.217 e. The van der Waals surface area contributed by atoms with Crippen molar-refractivity contribution in [1.29, 1.82) is 0 Å². The maximum atomic E-state index is 11.1. The Morgan fingerprint density at radius 1 is 1.47 bits per heavy atom. The third-order valence-electron chi connectivity index (χ3n) is 2.29. The van der Waals surface area contributed by atoms with E-state index in [0.29, 0.717) is 11.3 Å². The van der Waals surface area contributed by atoms with Crippen LogP contribution < -0.4 is 5.14 Å². The second-order valence-corrected chi connectivity index (χ2v) is 5.25. The molecule has 0 aliphatic carbocycles. The Balaban J connectivity index is 2.54. The molecular weight excluding hydrogens is 214 g/mol. The number of sulfonamides is 1. The van der Waals surface area contributed by atoms with E-state index >= 15 is 0 Å². The summed E-state index contributed by atoms with van der Waals surface area (Å²) in [4.78, 5) is 4.18. The molecule has 0 bridgehead atoms. The summed E-state index contributed by atoms with van der Waals surface area (Å²) in [6, 6.07) is 5.49. The molecule has 15 heavy (non-hydrogen) atoms. The van der Waals surface area contributed by atoms with Crippen LogP contribution in [0.15, 0.2) is 30.6 Å². The van der Waals surface area contributed by atoms with Crippen LogP contribution in [-0.2, 0) is 10.0 Å². The van der Waals surface area contributed by atoms with Crippen molar-refractivity contribution in [3.05, 3.63) is 36.3 Å². The number of aromatic nitrogens is 2. The quantitative estimate of drug-likeness (QED) is 0.816. The molecule has 0 spiro atoms. The molecule has 0 saturated heterocycles. The van der Waals surface area contributed by atoms with Crippen molar-refractivity contribution in [2.75, 3.05) is 0 Å². The third-order valence-corrected chi connectivity index (χ3v) is 3.52. The van der Waals surface area contributed by atoms with Crippen LogP contribution in [0.25, 0.3) is 5.65 Å². The molecular formula is C9H11N3O2S. The van der Waals surface area contributed by atoms with Gasteiger partial charge in [0.15, 0.2) is 0 Å². The van der Waals surface area contributed by atoms with Gasteiger partial charge in [-0.25, -0.2) is 18.5 Å². The van der Waals surface area contributed by atoms with Gasteiger partial charge in [-0.3, -0.25) is 0 Å². The Morgan fingerprint density at radius 2 is 2.20 bits per heavy atom. The molecule has 80 valence electrons. The van der Waals surface area contributed by atoms with Crippen LogP contribution in [0.1, 0.15) is 17.9 Å². The molecule has 2 rings (SSSR count). The highest BCUT2D eigenvalue weighted by molar-refractivity contribution is 7.89. The predicted octanol–water partition coefficient (Wildman–Crippen LogP) is 0.684.